The summed E-state index contributed by atoms with van der Waals surface area (Å²) < 4.78 is 0. The number of hydrogen-bond acceptors (Lipinski definition) is 1. The molecule has 1 aliphatic carbocycles. The smallest absolute Gasteiger partial charge is 0.224 e. The van der Waals surface area contributed by atoms with Crippen LogP contribution < -0.4 is 5.32 Å². The third-order valence-electron chi connectivity index (χ3n) is 3.28. The number of carbonyl (C=O) groups is 1. The third kappa shape index (κ3) is 4.18. The van der Waals surface area contributed by atoms with Gasteiger partial charge in [-0.25, -0.2) is 0 Å². The summed E-state index contributed by atoms with van der Waals surface area (Å²) in [6, 6.07) is 7.71. The number of benzene rings is 1. The predicted octanol–water partition coefficient (Wildman–Crippen LogP) is 3.55. The summed E-state index contributed by atoms with van der Waals surface area (Å²) in [6.45, 7) is 0. The van der Waals surface area contributed by atoms with Crippen molar-refractivity contribution < 1.29 is 4.79 Å². The zero-order valence-corrected chi connectivity index (χ0v) is 11.7. The fraction of sp³-hybridized carbons (Fsp3) is 0.500. The largest absolute Gasteiger partial charge is 0.353 e. The van der Waals surface area contributed by atoms with E-state index in [0.29, 0.717) is 11.4 Å². The zero-order valence-electron chi connectivity index (χ0n) is 10.2. The summed E-state index contributed by atoms with van der Waals surface area (Å²) in [6.07, 6.45) is 4.33. The van der Waals surface area contributed by atoms with Gasteiger partial charge in [0.05, 0.1) is 6.42 Å². The van der Waals surface area contributed by atoms with Crippen LogP contribution in [-0.4, -0.2) is 17.3 Å². The van der Waals surface area contributed by atoms with E-state index in [4.69, 9.17) is 23.2 Å². The molecule has 1 N–H and O–H groups in total. The van der Waals surface area contributed by atoms with E-state index in [1.54, 1.807) is 0 Å². The lowest BCUT2D eigenvalue weighted by molar-refractivity contribution is -0.121. The Morgan fingerprint density at radius 2 is 2.00 bits per heavy atom. The molecule has 1 amide bonds. The van der Waals surface area contributed by atoms with Crippen molar-refractivity contribution in [3.8, 4) is 0 Å². The molecule has 0 radical (unpaired) electrons. The van der Waals surface area contributed by atoms with Crippen LogP contribution in [0.5, 0.6) is 0 Å². The van der Waals surface area contributed by atoms with E-state index < -0.39 is 0 Å². The Balaban J connectivity index is 1.82. The average molecular weight is 286 g/mol. The Morgan fingerprint density at radius 3 is 2.67 bits per heavy atom. The Hall–Kier alpha value is -0.730. The maximum absolute atomic E-state index is 11.9. The monoisotopic (exact) mass is 285 g/mol. The first kappa shape index (κ1) is 13.7. The Labute approximate surface area is 118 Å². The SMILES string of the molecule is O=C(Cc1cccc(Cl)c1)NC1CCC(Cl)CC1. The molecule has 0 heterocycles. The molecular formula is C14H17Cl2NO. The molecule has 0 saturated heterocycles. The van der Waals surface area contributed by atoms with Crippen LogP contribution in [-0.2, 0) is 11.2 Å². The lowest BCUT2D eigenvalue weighted by Gasteiger charge is -2.25. The molecule has 98 valence electrons. The highest BCUT2D eigenvalue weighted by molar-refractivity contribution is 6.30. The fourth-order valence-corrected chi connectivity index (χ4v) is 2.77. The van der Waals surface area contributed by atoms with Crippen molar-refractivity contribution in [3.63, 3.8) is 0 Å². The lowest BCUT2D eigenvalue weighted by Crippen LogP contribution is -2.38. The van der Waals surface area contributed by atoms with Gasteiger partial charge in [0.2, 0.25) is 5.91 Å². The molecule has 2 nitrogen and oxygen atoms in total. The summed E-state index contributed by atoms with van der Waals surface area (Å²) in [5, 5.41) is 4.02. The summed E-state index contributed by atoms with van der Waals surface area (Å²) in [4.78, 5) is 11.9. The van der Waals surface area contributed by atoms with Crippen molar-refractivity contribution in [2.45, 2.75) is 43.5 Å². The molecule has 1 saturated carbocycles. The van der Waals surface area contributed by atoms with Crippen LogP contribution in [0.4, 0.5) is 0 Å². The number of carbonyl (C=O) groups excluding carboxylic acids is 1. The van der Waals surface area contributed by atoms with Gasteiger partial charge in [-0.15, -0.1) is 11.6 Å². The molecule has 1 aromatic rings. The van der Waals surface area contributed by atoms with Crippen LogP contribution in [0.15, 0.2) is 24.3 Å². The second-order valence-electron chi connectivity index (χ2n) is 4.82. The standard InChI is InChI=1S/C14H17Cl2NO/c15-11-4-6-13(7-5-11)17-14(18)9-10-2-1-3-12(16)8-10/h1-3,8,11,13H,4-7,9H2,(H,17,18). The van der Waals surface area contributed by atoms with Gasteiger partial charge in [-0.2, -0.15) is 0 Å². The molecular weight excluding hydrogens is 269 g/mol. The molecule has 1 aromatic carbocycles. The molecule has 0 aliphatic heterocycles. The van der Waals surface area contributed by atoms with Crippen LogP contribution in [0, 0.1) is 0 Å². The van der Waals surface area contributed by atoms with Gasteiger partial charge in [0, 0.05) is 16.4 Å². The van der Waals surface area contributed by atoms with Gasteiger partial charge in [-0.1, -0.05) is 23.7 Å². The van der Waals surface area contributed by atoms with E-state index in [1.807, 2.05) is 24.3 Å². The average Bonchev–Trinajstić information content (AvgIpc) is 2.32. The number of amides is 1. The van der Waals surface area contributed by atoms with Crippen molar-refractivity contribution in [1.82, 2.24) is 5.32 Å². The van der Waals surface area contributed by atoms with E-state index in [1.165, 1.54) is 0 Å². The van der Waals surface area contributed by atoms with Crippen LogP contribution in [0.3, 0.4) is 0 Å². The molecule has 0 spiro atoms. The summed E-state index contributed by atoms with van der Waals surface area (Å²) in [7, 11) is 0. The van der Waals surface area contributed by atoms with E-state index in [9.17, 15) is 4.79 Å². The Bertz CT molecular complexity index is 414. The fourth-order valence-electron chi connectivity index (χ4n) is 2.31. The normalized spacial score (nSPS) is 23.7. The number of hydrogen-bond donors (Lipinski definition) is 1. The molecule has 0 atom stereocenters. The maximum Gasteiger partial charge on any atom is 0.224 e. The van der Waals surface area contributed by atoms with Gasteiger partial charge < -0.3 is 5.32 Å². The third-order valence-corrected chi connectivity index (χ3v) is 3.95. The number of alkyl halides is 1. The minimum Gasteiger partial charge on any atom is -0.353 e. The summed E-state index contributed by atoms with van der Waals surface area (Å²) in [5.74, 6) is 0.0651. The van der Waals surface area contributed by atoms with Gasteiger partial charge in [0.25, 0.3) is 0 Å². The predicted molar refractivity (Wildman–Crippen MR) is 75.2 cm³/mol. The molecule has 4 heteroatoms. The highest BCUT2D eigenvalue weighted by atomic mass is 35.5. The van der Waals surface area contributed by atoms with Crippen LogP contribution in [0.25, 0.3) is 0 Å². The zero-order chi connectivity index (χ0) is 13.0. The first-order valence-electron chi connectivity index (χ1n) is 6.31. The maximum atomic E-state index is 11.9. The van der Waals surface area contributed by atoms with Gasteiger partial charge in [-0.3, -0.25) is 4.79 Å². The summed E-state index contributed by atoms with van der Waals surface area (Å²) >= 11 is 11.9. The number of nitrogens with one attached hydrogen (secondary N) is 1. The van der Waals surface area contributed by atoms with Crippen molar-refractivity contribution in [3.05, 3.63) is 34.9 Å². The van der Waals surface area contributed by atoms with Crippen LogP contribution in [0.2, 0.25) is 5.02 Å². The van der Waals surface area contributed by atoms with Crippen molar-refractivity contribution in [1.29, 1.82) is 0 Å². The highest BCUT2D eigenvalue weighted by Gasteiger charge is 2.20. The molecule has 18 heavy (non-hydrogen) atoms. The molecule has 2 rings (SSSR count). The van der Waals surface area contributed by atoms with E-state index >= 15 is 0 Å². The van der Waals surface area contributed by atoms with Crippen molar-refractivity contribution in [2.24, 2.45) is 0 Å². The van der Waals surface area contributed by atoms with Crippen molar-refractivity contribution >= 4 is 29.1 Å². The van der Waals surface area contributed by atoms with E-state index in [2.05, 4.69) is 5.32 Å². The first-order valence-corrected chi connectivity index (χ1v) is 7.13. The van der Waals surface area contributed by atoms with Gasteiger partial charge in [-0.05, 0) is 43.4 Å². The first-order chi connectivity index (χ1) is 8.63. The molecule has 1 aliphatic rings. The lowest BCUT2D eigenvalue weighted by atomic mass is 9.95. The van der Waals surface area contributed by atoms with Gasteiger partial charge in [0.15, 0.2) is 0 Å². The molecule has 0 aromatic heterocycles. The molecule has 0 unspecified atom stereocenters. The van der Waals surface area contributed by atoms with E-state index in [0.717, 1.165) is 31.2 Å². The Morgan fingerprint density at radius 1 is 1.28 bits per heavy atom. The second kappa shape index (κ2) is 6.44. The van der Waals surface area contributed by atoms with Crippen LogP contribution >= 0.6 is 23.2 Å². The second-order valence-corrected chi connectivity index (χ2v) is 5.88. The van der Waals surface area contributed by atoms with Gasteiger partial charge >= 0.3 is 0 Å². The molecule has 0 bridgehead atoms. The minimum atomic E-state index is 0.0651. The topological polar surface area (TPSA) is 29.1 Å². The quantitative estimate of drug-likeness (QED) is 0.846. The minimum absolute atomic E-state index is 0.0651. The van der Waals surface area contributed by atoms with Gasteiger partial charge in [0.1, 0.15) is 0 Å². The summed E-state index contributed by atoms with van der Waals surface area (Å²) in [5.41, 5.74) is 0.950. The van der Waals surface area contributed by atoms with Crippen molar-refractivity contribution in [2.75, 3.05) is 0 Å². The molecule has 1 fully saturated rings. The number of halogens is 2. The van der Waals surface area contributed by atoms with Crippen LogP contribution in [0.1, 0.15) is 31.2 Å². The highest BCUT2D eigenvalue weighted by Crippen LogP contribution is 2.22. The Kier molecular flexibility index (Phi) is 4.90. The van der Waals surface area contributed by atoms with E-state index in [-0.39, 0.29) is 17.3 Å². The number of rotatable bonds is 3.